The molecule has 2 N–H and O–H groups in total. The number of nitrogens with zero attached hydrogens (tertiary/aromatic N) is 3. The molecule has 21 heavy (non-hydrogen) atoms. The average Bonchev–Trinajstić information content (AvgIpc) is 2.87. The molecule has 0 aliphatic carbocycles. The van der Waals surface area contributed by atoms with E-state index in [-0.39, 0.29) is 11.8 Å². The van der Waals surface area contributed by atoms with Crippen LogP contribution < -0.4 is 5.32 Å². The number of carbonyl (C=O) groups is 2. The Kier molecular flexibility index (Phi) is 5.32. The number of rotatable bonds is 6. The van der Waals surface area contributed by atoms with Crippen LogP contribution in [-0.4, -0.2) is 51.3 Å². The first-order valence-corrected chi connectivity index (χ1v) is 7.37. The summed E-state index contributed by atoms with van der Waals surface area (Å²) < 4.78 is 1.77. The van der Waals surface area contributed by atoms with Crippen molar-refractivity contribution >= 4 is 17.7 Å². The number of carboxylic acids is 1. The fraction of sp³-hybridized carbons (Fsp3) is 0.643. The minimum Gasteiger partial charge on any atom is -0.481 e. The van der Waals surface area contributed by atoms with E-state index in [1.54, 1.807) is 16.9 Å². The van der Waals surface area contributed by atoms with E-state index in [0.29, 0.717) is 38.3 Å². The summed E-state index contributed by atoms with van der Waals surface area (Å²) in [5.74, 6) is -0.373. The van der Waals surface area contributed by atoms with E-state index in [9.17, 15) is 9.59 Å². The summed E-state index contributed by atoms with van der Waals surface area (Å²) in [7, 11) is 0. The third kappa shape index (κ3) is 4.29. The maximum atomic E-state index is 12.0. The number of anilines is 1. The first-order valence-electron chi connectivity index (χ1n) is 7.37. The van der Waals surface area contributed by atoms with Gasteiger partial charge in [0, 0.05) is 12.6 Å². The third-order valence-corrected chi connectivity index (χ3v) is 3.72. The second-order valence-corrected chi connectivity index (χ2v) is 5.38. The van der Waals surface area contributed by atoms with Crippen molar-refractivity contribution in [2.45, 2.75) is 32.7 Å². The minimum atomic E-state index is -0.734. The van der Waals surface area contributed by atoms with Crippen molar-refractivity contribution < 1.29 is 14.7 Å². The molecule has 1 aromatic rings. The molecule has 7 nitrogen and oxygen atoms in total. The molecule has 116 valence electrons. The molecule has 0 aromatic carbocycles. The molecule has 1 amide bonds. The van der Waals surface area contributed by atoms with Crippen molar-refractivity contribution in [3.63, 3.8) is 0 Å². The van der Waals surface area contributed by atoms with Gasteiger partial charge in [-0.2, -0.15) is 5.10 Å². The lowest BCUT2D eigenvalue weighted by atomic mass is 9.97. The molecule has 1 fully saturated rings. The largest absolute Gasteiger partial charge is 0.481 e. The smallest absolute Gasteiger partial charge is 0.306 e. The Balaban J connectivity index is 1.80. The van der Waals surface area contributed by atoms with Crippen LogP contribution >= 0.6 is 0 Å². The van der Waals surface area contributed by atoms with Crippen LogP contribution in [0.2, 0.25) is 0 Å². The molecule has 1 aliphatic rings. The highest BCUT2D eigenvalue weighted by Crippen LogP contribution is 2.17. The molecule has 0 radical (unpaired) electrons. The Bertz CT molecular complexity index is 492. The molecule has 1 saturated heterocycles. The Labute approximate surface area is 123 Å². The van der Waals surface area contributed by atoms with E-state index in [0.717, 1.165) is 13.0 Å². The normalized spacial score (nSPS) is 16.8. The van der Waals surface area contributed by atoms with Crippen molar-refractivity contribution in [2.75, 3.05) is 25.0 Å². The molecule has 2 heterocycles. The number of carboxylic acid groups (broad SMARTS) is 1. The maximum absolute atomic E-state index is 12.0. The van der Waals surface area contributed by atoms with Gasteiger partial charge in [0.2, 0.25) is 5.91 Å². The lowest BCUT2D eigenvalue weighted by Gasteiger charge is -2.29. The number of hydrogen-bond donors (Lipinski definition) is 2. The maximum Gasteiger partial charge on any atom is 0.306 e. The summed E-state index contributed by atoms with van der Waals surface area (Å²) in [6.45, 7) is 4.42. The fourth-order valence-electron chi connectivity index (χ4n) is 2.55. The van der Waals surface area contributed by atoms with Gasteiger partial charge in [-0.05, 0) is 32.4 Å². The molecule has 0 saturated carbocycles. The van der Waals surface area contributed by atoms with E-state index in [1.165, 1.54) is 0 Å². The van der Waals surface area contributed by atoms with Crippen LogP contribution in [0.4, 0.5) is 5.82 Å². The molecule has 0 unspecified atom stereocenters. The van der Waals surface area contributed by atoms with Gasteiger partial charge in [-0.15, -0.1) is 0 Å². The van der Waals surface area contributed by atoms with E-state index in [4.69, 9.17) is 5.11 Å². The number of likely N-dealkylation sites (tertiary alicyclic amines) is 1. The van der Waals surface area contributed by atoms with Gasteiger partial charge in [0.05, 0.1) is 18.7 Å². The zero-order valence-corrected chi connectivity index (χ0v) is 12.3. The first kappa shape index (κ1) is 15.5. The monoisotopic (exact) mass is 294 g/mol. The average molecular weight is 294 g/mol. The molecule has 1 aliphatic heterocycles. The van der Waals surface area contributed by atoms with Crippen molar-refractivity contribution in [3.05, 3.63) is 12.3 Å². The van der Waals surface area contributed by atoms with Crippen LogP contribution in [0.15, 0.2) is 12.3 Å². The van der Waals surface area contributed by atoms with Gasteiger partial charge in [-0.3, -0.25) is 14.5 Å². The number of nitrogens with one attached hydrogen (secondary N) is 1. The van der Waals surface area contributed by atoms with Crippen molar-refractivity contribution in [2.24, 2.45) is 5.92 Å². The number of aryl methyl sites for hydroxylation is 1. The van der Waals surface area contributed by atoms with Crippen LogP contribution in [-0.2, 0) is 16.1 Å². The van der Waals surface area contributed by atoms with Crippen LogP contribution in [0.1, 0.15) is 26.2 Å². The van der Waals surface area contributed by atoms with Crippen molar-refractivity contribution in [3.8, 4) is 0 Å². The topological polar surface area (TPSA) is 87.5 Å². The molecule has 0 atom stereocenters. The number of aromatic nitrogens is 2. The number of carbonyl (C=O) groups excluding carboxylic acids is 1. The van der Waals surface area contributed by atoms with E-state index < -0.39 is 5.97 Å². The van der Waals surface area contributed by atoms with Crippen molar-refractivity contribution in [1.82, 2.24) is 14.7 Å². The summed E-state index contributed by atoms with van der Waals surface area (Å²) in [6, 6.07) is 1.78. The van der Waals surface area contributed by atoms with Crippen LogP contribution in [0.25, 0.3) is 0 Å². The molecule has 1 aromatic heterocycles. The standard InChI is InChI=1S/C14H22N4O3/c1-2-7-18-12(3-6-15-18)16-13(19)10-17-8-4-11(5-9-17)14(20)21/h3,6,11H,2,4-5,7-10H2,1H3,(H,16,19)(H,20,21). The quantitative estimate of drug-likeness (QED) is 0.818. The van der Waals surface area contributed by atoms with Gasteiger partial charge < -0.3 is 10.4 Å². The Morgan fingerprint density at radius 3 is 2.76 bits per heavy atom. The molecule has 2 rings (SSSR count). The first-order chi connectivity index (χ1) is 10.1. The summed E-state index contributed by atoms with van der Waals surface area (Å²) in [6.07, 6.45) is 3.84. The van der Waals surface area contributed by atoms with Crippen LogP contribution in [0.5, 0.6) is 0 Å². The van der Waals surface area contributed by atoms with E-state index in [1.807, 2.05) is 4.90 Å². The Morgan fingerprint density at radius 2 is 2.14 bits per heavy atom. The highest BCUT2D eigenvalue weighted by atomic mass is 16.4. The molecule has 7 heteroatoms. The van der Waals surface area contributed by atoms with Gasteiger partial charge in [0.1, 0.15) is 5.82 Å². The highest BCUT2D eigenvalue weighted by molar-refractivity contribution is 5.91. The van der Waals surface area contributed by atoms with Gasteiger partial charge >= 0.3 is 5.97 Å². The van der Waals surface area contributed by atoms with E-state index in [2.05, 4.69) is 17.3 Å². The van der Waals surface area contributed by atoms with Gasteiger partial charge in [-0.1, -0.05) is 6.92 Å². The van der Waals surface area contributed by atoms with Gasteiger partial charge in [0.15, 0.2) is 0 Å². The molecule has 0 bridgehead atoms. The fourth-order valence-corrected chi connectivity index (χ4v) is 2.55. The SMILES string of the molecule is CCCn1nccc1NC(=O)CN1CCC(C(=O)O)CC1. The second-order valence-electron chi connectivity index (χ2n) is 5.38. The third-order valence-electron chi connectivity index (χ3n) is 3.72. The number of piperidine rings is 1. The lowest BCUT2D eigenvalue weighted by Crippen LogP contribution is -2.40. The summed E-state index contributed by atoms with van der Waals surface area (Å²) in [4.78, 5) is 24.9. The minimum absolute atomic E-state index is 0.0818. The molecule has 0 spiro atoms. The Hall–Kier alpha value is -1.89. The summed E-state index contributed by atoms with van der Waals surface area (Å²) in [5.41, 5.74) is 0. The number of aliphatic carboxylic acids is 1. The van der Waals surface area contributed by atoms with Gasteiger partial charge in [0.25, 0.3) is 0 Å². The van der Waals surface area contributed by atoms with Crippen LogP contribution in [0, 0.1) is 5.92 Å². The summed E-state index contributed by atoms with van der Waals surface area (Å²) >= 11 is 0. The predicted molar refractivity (Wildman–Crippen MR) is 77.9 cm³/mol. The van der Waals surface area contributed by atoms with Gasteiger partial charge in [-0.25, -0.2) is 4.68 Å². The molecular weight excluding hydrogens is 272 g/mol. The van der Waals surface area contributed by atoms with E-state index >= 15 is 0 Å². The number of hydrogen-bond acceptors (Lipinski definition) is 4. The second kappa shape index (κ2) is 7.21. The lowest BCUT2D eigenvalue weighted by molar-refractivity contribution is -0.143. The predicted octanol–water partition coefficient (Wildman–Crippen LogP) is 1.03. The van der Waals surface area contributed by atoms with Crippen molar-refractivity contribution in [1.29, 1.82) is 0 Å². The number of amides is 1. The zero-order valence-electron chi connectivity index (χ0n) is 12.3. The summed E-state index contributed by atoms with van der Waals surface area (Å²) in [5, 5.41) is 16.0. The van der Waals surface area contributed by atoms with Crippen LogP contribution in [0.3, 0.4) is 0 Å². The zero-order chi connectivity index (χ0) is 15.2. The molecular formula is C14H22N4O3. The Morgan fingerprint density at radius 1 is 1.43 bits per heavy atom. The highest BCUT2D eigenvalue weighted by Gasteiger charge is 2.25.